The maximum Gasteiger partial charge on any atom is 0.306 e. The second kappa shape index (κ2) is 7.03. The van der Waals surface area contributed by atoms with Crippen LogP contribution in [0.15, 0.2) is 24.3 Å². The fourth-order valence-electron chi connectivity index (χ4n) is 3.12. The highest BCUT2D eigenvalue weighted by Gasteiger charge is 2.28. The molecule has 1 aromatic rings. The lowest BCUT2D eigenvalue weighted by molar-refractivity contribution is -0.143. The van der Waals surface area contributed by atoms with Gasteiger partial charge < -0.3 is 15.3 Å². The molecule has 1 saturated carbocycles. The average Bonchev–Trinajstić information content (AvgIpc) is 2.53. The molecular formula is C18H22N2O4. The molecule has 0 spiro atoms. The minimum absolute atomic E-state index is 0.0519. The molecule has 0 atom stereocenters. The number of carbonyl (C=O) groups is 3. The Hall–Kier alpha value is -2.37. The van der Waals surface area contributed by atoms with Crippen LogP contribution in [0.25, 0.3) is 0 Å². The third-order valence-electron chi connectivity index (χ3n) is 5.01. The van der Waals surface area contributed by atoms with E-state index in [1.807, 2.05) is 0 Å². The Morgan fingerprint density at radius 2 is 1.58 bits per heavy atom. The van der Waals surface area contributed by atoms with Crippen molar-refractivity contribution in [2.24, 2.45) is 11.8 Å². The zero-order valence-corrected chi connectivity index (χ0v) is 13.5. The van der Waals surface area contributed by atoms with E-state index in [1.165, 1.54) is 0 Å². The summed E-state index contributed by atoms with van der Waals surface area (Å²) >= 11 is 0. The van der Waals surface area contributed by atoms with Crippen LogP contribution in [0.5, 0.6) is 0 Å². The van der Waals surface area contributed by atoms with E-state index in [2.05, 4.69) is 5.32 Å². The largest absolute Gasteiger partial charge is 0.481 e. The number of piperidine rings is 1. The third kappa shape index (κ3) is 3.58. The highest BCUT2D eigenvalue weighted by molar-refractivity contribution is 5.96. The van der Waals surface area contributed by atoms with E-state index in [0.717, 1.165) is 19.3 Å². The molecule has 1 saturated heterocycles. The normalized spacial score (nSPS) is 18.8. The number of carboxylic acid groups (broad SMARTS) is 1. The third-order valence-corrected chi connectivity index (χ3v) is 5.01. The number of hydrogen-bond acceptors (Lipinski definition) is 3. The monoisotopic (exact) mass is 330 g/mol. The smallest absolute Gasteiger partial charge is 0.306 e. The summed E-state index contributed by atoms with van der Waals surface area (Å²) in [5.74, 6) is -1.04. The van der Waals surface area contributed by atoms with Crippen LogP contribution in [-0.2, 0) is 9.59 Å². The first kappa shape index (κ1) is 16.5. The molecule has 2 N–H and O–H groups in total. The van der Waals surface area contributed by atoms with Crippen LogP contribution in [-0.4, -0.2) is 40.9 Å². The van der Waals surface area contributed by atoms with Crippen molar-refractivity contribution in [2.75, 3.05) is 18.4 Å². The van der Waals surface area contributed by atoms with Crippen LogP contribution in [0.4, 0.5) is 5.69 Å². The van der Waals surface area contributed by atoms with Gasteiger partial charge >= 0.3 is 5.97 Å². The number of nitrogens with zero attached hydrogens (tertiary/aromatic N) is 1. The van der Waals surface area contributed by atoms with Gasteiger partial charge in [-0.2, -0.15) is 0 Å². The van der Waals surface area contributed by atoms with Crippen molar-refractivity contribution in [1.29, 1.82) is 0 Å². The van der Waals surface area contributed by atoms with E-state index in [1.54, 1.807) is 29.2 Å². The van der Waals surface area contributed by atoms with Gasteiger partial charge in [0.1, 0.15) is 0 Å². The molecule has 2 fully saturated rings. The Morgan fingerprint density at radius 1 is 0.958 bits per heavy atom. The van der Waals surface area contributed by atoms with Crippen molar-refractivity contribution >= 4 is 23.5 Å². The standard InChI is InChI=1S/C18H22N2O4/c21-16(12-2-1-3-12)19-15-6-4-13(5-7-15)17(22)20-10-8-14(9-11-20)18(23)24/h4-7,12,14H,1-3,8-11H2,(H,19,21)(H,23,24). The number of nitrogens with one attached hydrogen (secondary N) is 1. The summed E-state index contributed by atoms with van der Waals surface area (Å²) in [6, 6.07) is 6.91. The molecule has 0 unspecified atom stereocenters. The fraction of sp³-hybridized carbons (Fsp3) is 0.500. The second-order valence-corrected chi connectivity index (χ2v) is 6.60. The van der Waals surface area contributed by atoms with Crippen LogP contribution in [0.2, 0.25) is 0 Å². The Balaban J connectivity index is 1.56. The molecule has 3 rings (SSSR count). The van der Waals surface area contributed by atoms with E-state index in [9.17, 15) is 14.4 Å². The van der Waals surface area contributed by atoms with Crippen molar-refractivity contribution in [1.82, 2.24) is 4.90 Å². The zero-order valence-electron chi connectivity index (χ0n) is 13.5. The van der Waals surface area contributed by atoms with Gasteiger partial charge in [-0.05, 0) is 49.9 Å². The zero-order chi connectivity index (χ0) is 17.1. The summed E-state index contributed by atoms with van der Waals surface area (Å²) in [6.45, 7) is 0.936. The molecule has 128 valence electrons. The number of carbonyl (C=O) groups excluding carboxylic acids is 2. The topological polar surface area (TPSA) is 86.7 Å². The molecule has 0 radical (unpaired) electrons. The second-order valence-electron chi connectivity index (χ2n) is 6.60. The lowest BCUT2D eigenvalue weighted by Gasteiger charge is -2.30. The fourth-order valence-corrected chi connectivity index (χ4v) is 3.12. The summed E-state index contributed by atoms with van der Waals surface area (Å²) < 4.78 is 0. The molecule has 1 heterocycles. The summed E-state index contributed by atoms with van der Waals surface area (Å²) in [5.41, 5.74) is 1.26. The SMILES string of the molecule is O=C(O)C1CCN(C(=O)c2ccc(NC(=O)C3CCC3)cc2)CC1. The molecule has 0 aromatic heterocycles. The molecule has 24 heavy (non-hydrogen) atoms. The molecule has 2 aliphatic rings. The van der Waals surface area contributed by atoms with Gasteiger partial charge in [0, 0.05) is 30.3 Å². The predicted molar refractivity (Wildman–Crippen MR) is 88.7 cm³/mol. The Kier molecular flexibility index (Phi) is 4.83. The number of hydrogen-bond donors (Lipinski definition) is 2. The van der Waals surface area contributed by atoms with Gasteiger partial charge in [-0.25, -0.2) is 0 Å². The molecule has 1 aromatic carbocycles. The summed E-state index contributed by atoms with van der Waals surface area (Å²) in [4.78, 5) is 37.0. The highest BCUT2D eigenvalue weighted by atomic mass is 16.4. The van der Waals surface area contributed by atoms with Crippen LogP contribution < -0.4 is 5.32 Å². The summed E-state index contributed by atoms with van der Waals surface area (Å²) in [7, 11) is 0. The van der Waals surface area contributed by atoms with Gasteiger partial charge in [0.05, 0.1) is 5.92 Å². The number of benzene rings is 1. The van der Waals surface area contributed by atoms with Crippen molar-refractivity contribution in [3.63, 3.8) is 0 Å². The van der Waals surface area contributed by atoms with Gasteiger partial charge in [-0.15, -0.1) is 0 Å². The molecule has 1 aliphatic carbocycles. The lowest BCUT2D eigenvalue weighted by Crippen LogP contribution is -2.40. The Morgan fingerprint density at radius 3 is 2.08 bits per heavy atom. The van der Waals surface area contributed by atoms with E-state index in [4.69, 9.17) is 5.11 Å². The van der Waals surface area contributed by atoms with Crippen molar-refractivity contribution in [3.8, 4) is 0 Å². The number of amides is 2. The molecule has 1 aliphatic heterocycles. The van der Waals surface area contributed by atoms with Crippen molar-refractivity contribution in [2.45, 2.75) is 32.1 Å². The van der Waals surface area contributed by atoms with Crippen LogP contribution in [0.1, 0.15) is 42.5 Å². The molecule has 6 heteroatoms. The minimum Gasteiger partial charge on any atom is -0.481 e. The van der Waals surface area contributed by atoms with Crippen molar-refractivity contribution < 1.29 is 19.5 Å². The number of carboxylic acids is 1. The maximum absolute atomic E-state index is 12.5. The number of aliphatic carboxylic acids is 1. The first-order chi connectivity index (χ1) is 11.5. The summed E-state index contributed by atoms with van der Waals surface area (Å²) in [6.07, 6.45) is 4.01. The first-order valence-electron chi connectivity index (χ1n) is 8.47. The van der Waals surface area contributed by atoms with Crippen LogP contribution >= 0.6 is 0 Å². The van der Waals surface area contributed by atoms with Crippen LogP contribution in [0.3, 0.4) is 0 Å². The Bertz CT molecular complexity index is 629. The van der Waals surface area contributed by atoms with E-state index < -0.39 is 5.97 Å². The quantitative estimate of drug-likeness (QED) is 0.887. The number of rotatable bonds is 4. The average molecular weight is 330 g/mol. The van der Waals surface area contributed by atoms with Gasteiger partial charge in [-0.1, -0.05) is 6.42 Å². The Labute approximate surface area is 140 Å². The first-order valence-corrected chi connectivity index (χ1v) is 8.47. The van der Waals surface area contributed by atoms with E-state index >= 15 is 0 Å². The number of likely N-dealkylation sites (tertiary alicyclic amines) is 1. The lowest BCUT2D eigenvalue weighted by atomic mass is 9.85. The number of anilines is 1. The molecule has 6 nitrogen and oxygen atoms in total. The van der Waals surface area contributed by atoms with Gasteiger partial charge in [0.2, 0.25) is 5.91 Å². The van der Waals surface area contributed by atoms with Gasteiger partial charge in [-0.3, -0.25) is 14.4 Å². The van der Waals surface area contributed by atoms with Gasteiger partial charge in [0.15, 0.2) is 0 Å². The predicted octanol–water partition coefficient (Wildman–Crippen LogP) is 2.36. The molecular weight excluding hydrogens is 308 g/mol. The van der Waals surface area contributed by atoms with Crippen LogP contribution in [0, 0.1) is 11.8 Å². The van der Waals surface area contributed by atoms with Crippen molar-refractivity contribution in [3.05, 3.63) is 29.8 Å². The maximum atomic E-state index is 12.5. The van der Waals surface area contributed by atoms with E-state index in [0.29, 0.717) is 37.2 Å². The summed E-state index contributed by atoms with van der Waals surface area (Å²) in [5, 5.41) is 11.9. The van der Waals surface area contributed by atoms with Gasteiger partial charge in [0.25, 0.3) is 5.91 Å². The minimum atomic E-state index is -0.784. The highest BCUT2D eigenvalue weighted by Crippen LogP contribution is 2.27. The molecule has 0 bridgehead atoms. The van der Waals surface area contributed by atoms with E-state index in [-0.39, 0.29) is 23.7 Å². The molecule has 2 amide bonds.